The molecule has 2 aromatic carbocycles. The third kappa shape index (κ3) is 3.73. The van der Waals surface area contributed by atoms with E-state index in [9.17, 15) is 0 Å². The van der Waals surface area contributed by atoms with Crippen LogP contribution in [0.2, 0.25) is 0 Å². The Labute approximate surface area is 197 Å². The molecule has 0 spiro atoms. The van der Waals surface area contributed by atoms with E-state index >= 15 is 0 Å². The van der Waals surface area contributed by atoms with Crippen LogP contribution in [0.1, 0.15) is 5.69 Å². The molecule has 0 amide bonds. The van der Waals surface area contributed by atoms with Gasteiger partial charge in [-0.1, -0.05) is 12.1 Å². The summed E-state index contributed by atoms with van der Waals surface area (Å²) in [5.74, 6) is 1.45. The summed E-state index contributed by atoms with van der Waals surface area (Å²) >= 11 is 0. The van der Waals surface area contributed by atoms with Gasteiger partial charge in [0.1, 0.15) is 5.82 Å². The molecule has 0 radical (unpaired) electrons. The monoisotopic (exact) mass is 454 g/mol. The molecule has 5 aromatic rings. The molecule has 3 aromatic heterocycles. The Bertz CT molecular complexity index is 1510. The Kier molecular flexibility index (Phi) is 4.91. The van der Waals surface area contributed by atoms with Gasteiger partial charge in [0.2, 0.25) is 5.95 Å². The van der Waals surface area contributed by atoms with Crippen LogP contribution < -0.4 is 10.2 Å². The van der Waals surface area contributed by atoms with Crippen LogP contribution in [0.5, 0.6) is 0 Å². The van der Waals surface area contributed by atoms with Gasteiger partial charge in [0.15, 0.2) is 0 Å². The molecule has 1 fully saturated rings. The third-order valence-corrected chi connectivity index (χ3v) is 6.23. The first-order valence-corrected chi connectivity index (χ1v) is 11.4. The molecule has 0 bridgehead atoms. The van der Waals surface area contributed by atoms with E-state index in [1.165, 1.54) is 0 Å². The molecule has 4 heterocycles. The Morgan fingerprint density at radius 2 is 1.79 bits per heavy atom. The van der Waals surface area contributed by atoms with Crippen LogP contribution >= 0.6 is 0 Å². The lowest BCUT2D eigenvalue weighted by Crippen LogP contribution is -2.37. The van der Waals surface area contributed by atoms with Gasteiger partial charge in [-0.2, -0.15) is 15.2 Å². The van der Waals surface area contributed by atoms with Crippen LogP contribution in [-0.2, 0) is 18.8 Å². The minimum absolute atomic E-state index is 0.675. The molecule has 1 saturated heterocycles. The molecule has 1 aliphatic heterocycles. The first kappa shape index (κ1) is 20.6. The SMILES string of the molecule is Cc1nn(C)c2cc(-c3cc(Nc4ccc5nn(C)cc5c4)nc(N4CCOCC4)n3)ccc12. The summed E-state index contributed by atoms with van der Waals surface area (Å²) in [7, 11) is 3.90. The minimum Gasteiger partial charge on any atom is -0.378 e. The highest BCUT2D eigenvalue weighted by atomic mass is 16.5. The number of benzene rings is 2. The number of hydrogen-bond donors (Lipinski definition) is 1. The zero-order valence-corrected chi connectivity index (χ0v) is 19.5. The maximum Gasteiger partial charge on any atom is 0.228 e. The summed E-state index contributed by atoms with van der Waals surface area (Å²) < 4.78 is 9.28. The van der Waals surface area contributed by atoms with E-state index in [0.29, 0.717) is 19.2 Å². The first-order chi connectivity index (χ1) is 16.5. The van der Waals surface area contributed by atoms with Gasteiger partial charge in [-0.3, -0.25) is 9.36 Å². The van der Waals surface area contributed by atoms with Gasteiger partial charge < -0.3 is 15.0 Å². The van der Waals surface area contributed by atoms with Crippen LogP contribution in [0.4, 0.5) is 17.5 Å². The molecular formula is C25H26N8O. The molecular weight excluding hydrogens is 428 g/mol. The Balaban J connectivity index is 1.43. The number of anilines is 3. The van der Waals surface area contributed by atoms with Crippen molar-refractivity contribution < 1.29 is 4.74 Å². The molecule has 9 heteroatoms. The molecule has 34 heavy (non-hydrogen) atoms. The van der Waals surface area contributed by atoms with E-state index in [4.69, 9.17) is 14.7 Å². The van der Waals surface area contributed by atoms with E-state index < -0.39 is 0 Å². The highest BCUT2D eigenvalue weighted by molar-refractivity contribution is 5.87. The molecule has 1 aliphatic rings. The topological polar surface area (TPSA) is 85.9 Å². The maximum atomic E-state index is 5.54. The van der Waals surface area contributed by atoms with Crippen LogP contribution in [0, 0.1) is 6.92 Å². The number of aryl methyl sites for hydroxylation is 3. The number of fused-ring (bicyclic) bond motifs is 2. The van der Waals surface area contributed by atoms with Gasteiger partial charge in [0.25, 0.3) is 0 Å². The number of morpholine rings is 1. The fourth-order valence-electron chi connectivity index (χ4n) is 4.52. The Morgan fingerprint density at radius 3 is 2.65 bits per heavy atom. The lowest BCUT2D eigenvalue weighted by Gasteiger charge is -2.27. The zero-order valence-electron chi connectivity index (χ0n) is 19.5. The third-order valence-electron chi connectivity index (χ3n) is 6.23. The lowest BCUT2D eigenvalue weighted by molar-refractivity contribution is 0.122. The van der Waals surface area contributed by atoms with Crippen molar-refractivity contribution in [3.05, 3.63) is 54.4 Å². The van der Waals surface area contributed by atoms with Crippen molar-refractivity contribution in [2.75, 3.05) is 36.5 Å². The Hall–Kier alpha value is -3.98. The van der Waals surface area contributed by atoms with Crippen molar-refractivity contribution >= 4 is 39.3 Å². The van der Waals surface area contributed by atoms with Gasteiger partial charge in [0, 0.05) is 61.5 Å². The number of nitrogens with one attached hydrogen (secondary N) is 1. The second-order valence-corrected chi connectivity index (χ2v) is 8.68. The predicted molar refractivity (Wildman–Crippen MR) is 134 cm³/mol. The van der Waals surface area contributed by atoms with Crippen LogP contribution in [0.3, 0.4) is 0 Å². The summed E-state index contributed by atoms with van der Waals surface area (Å²) in [6, 6.07) is 14.5. The molecule has 0 saturated carbocycles. The first-order valence-electron chi connectivity index (χ1n) is 11.4. The second-order valence-electron chi connectivity index (χ2n) is 8.68. The van der Waals surface area contributed by atoms with E-state index in [1.807, 2.05) is 54.8 Å². The highest BCUT2D eigenvalue weighted by Gasteiger charge is 2.17. The van der Waals surface area contributed by atoms with E-state index in [-0.39, 0.29) is 0 Å². The number of rotatable bonds is 4. The molecule has 0 atom stereocenters. The van der Waals surface area contributed by atoms with Gasteiger partial charge in [-0.15, -0.1) is 0 Å². The van der Waals surface area contributed by atoms with Crippen LogP contribution in [0.15, 0.2) is 48.7 Å². The summed E-state index contributed by atoms with van der Waals surface area (Å²) in [4.78, 5) is 12.0. The second kappa shape index (κ2) is 8.11. The molecule has 9 nitrogen and oxygen atoms in total. The van der Waals surface area contributed by atoms with Crippen molar-refractivity contribution in [2.45, 2.75) is 6.92 Å². The van der Waals surface area contributed by atoms with Crippen molar-refractivity contribution in [3.63, 3.8) is 0 Å². The molecule has 0 unspecified atom stereocenters. The summed E-state index contributed by atoms with van der Waals surface area (Å²) in [5.41, 5.74) is 5.91. The Morgan fingerprint density at radius 1 is 0.941 bits per heavy atom. The largest absolute Gasteiger partial charge is 0.378 e. The smallest absolute Gasteiger partial charge is 0.228 e. The quantitative estimate of drug-likeness (QED) is 0.442. The molecule has 172 valence electrons. The van der Waals surface area contributed by atoms with Crippen LogP contribution in [0.25, 0.3) is 33.1 Å². The summed E-state index contributed by atoms with van der Waals surface area (Å²) in [5, 5.41) is 14.7. The minimum atomic E-state index is 0.675. The average molecular weight is 455 g/mol. The average Bonchev–Trinajstić information content (AvgIpc) is 3.36. The number of aromatic nitrogens is 6. The fourth-order valence-corrected chi connectivity index (χ4v) is 4.52. The van der Waals surface area contributed by atoms with Crippen molar-refractivity contribution in [3.8, 4) is 11.3 Å². The van der Waals surface area contributed by atoms with Gasteiger partial charge in [-0.25, -0.2) is 4.98 Å². The predicted octanol–water partition coefficient (Wildman–Crippen LogP) is 3.81. The fraction of sp³-hybridized carbons (Fsp3) is 0.280. The zero-order chi connectivity index (χ0) is 23.2. The summed E-state index contributed by atoms with van der Waals surface area (Å²) in [6.07, 6.45) is 2.01. The van der Waals surface area contributed by atoms with E-state index in [2.05, 4.69) is 44.7 Å². The van der Waals surface area contributed by atoms with Crippen molar-refractivity contribution in [1.29, 1.82) is 0 Å². The van der Waals surface area contributed by atoms with Crippen LogP contribution in [-0.4, -0.2) is 55.8 Å². The molecule has 0 aliphatic carbocycles. The number of ether oxygens (including phenoxy) is 1. The van der Waals surface area contributed by atoms with E-state index in [1.54, 1.807) is 0 Å². The van der Waals surface area contributed by atoms with Gasteiger partial charge >= 0.3 is 0 Å². The normalized spacial score (nSPS) is 14.3. The highest BCUT2D eigenvalue weighted by Crippen LogP contribution is 2.29. The summed E-state index contributed by atoms with van der Waals surface area (Å²) in [6.45, 7) is 4.92. The van der Waals surface area contributed by atoms with Crippen molar-refractivity contribution in [2.24, 2.45) is 14.1 Å². The van der Waals surface area contributed by atoms with E-state index in [0.717, 1.165) is 63.4 Å². The van der Waals surface area contributed by atoms with Gasteiger partial charge in [-0.05, 0) is 31.2 Å². The maximum absolute atomic E-state index is 5.54. The molecule has 6 rings (SSSR count). The lowest BCUT2D eigenvalue weighted by atomic mass is 10.1. The van der Waals surface area contributed by atoms with Gasteiger partial charge in [0.05, 0.1) is 35.6 Å². The number of nitrogens with zero attached hydrogens (tertiary/aromatic N) is 7. The molecule has 1 N–H and O–H groups in total. The number of hydrogen-bond acceptors (Lipinski definition) is 7. The standard InChI is InChI=1S/C25H26N8O/c1-16-20-6-4-17(13-23(20)32(3)29-16)22-14-24(28-25(27-22)33-8-10-34-11-9-33)26-19-5-7-21-18(12-19)15-31(2)30-21/h4-7,12-15H,8-11H2,1-3H3,(H,26,27,28). The van der Waals surface area contributed by atoms with Crippen molar-refractivity contribution in [1.82, 2.24) is 29.5 Å².